The van der Waals surface area contributed by atoms with E-state index < -0.39 is 0 Å². The van der Waals surface area contributed by atoms with E-state index >= 15 is 0 Å². The number of H-pyrrole nitrogens is 1. The molecule has 0 amide bonds. The molecule has 1 fully saturated rings. The van der Waals surface area contributed by atoms with E-state index in [1.165, 1.54) is 0 Å². The Hall–Kier alpha value is -1.45. The maximum Gasteiger partial charge on any atom is 0.178 e. The summed E-state index contributed by atoms with van der Waals surface area (Å²) in [6.45, 7) is 8.37. The molecule has 0 aliphatic carbocycles. The van der Waals surface area contributed by atoms with Crippen LogP contribution < -0.4 is 5.32 Å². The van der Waals surface area contributed by atoms with Crippen molar-refractivity contribution in [2.24, 2.45) is 0 Å². The minimum atomic E-state index is 0. The second-order valence-electron chi connectivity index (χ2n) is 6.16. The first-order valence-corrected chi connectivity index (χ1v) is 9.08. The molecule has 0 saturated carbocycles. The van der Waals surface area contributed by atoms with Crippen molar-refractivity contribution in [1.29, 1.82) is 0 Å². The lowest BCUT2D eigenvalue weighted by Crippen LogP contribution is -2.39. The van der Waals surface area contributed by atoms with Gasteiger partial charge in [0.2, 0.25) is 0 Å². The molecule has 1 saturated heterocycles. The number of aryl methyl sites for hydroxylation is 1. The summed E-state index contributed by atoms with van der Waals surface area (Å²) in [5, 5.41) is 4.47. The van der Waals surface area contributed by atoms with Crippen molar-refractivity contribution in [3.8, 4) is 0 Å². The highest BCUT2D eigenvalue weighted by Crippen LogP contribution is 2.25. The molecule has 7 nitrogen and oxygen atoms in total. The van der Waals surface area contributed by atoms with Gasteiger partial charge in [-0.3, -0.25) is 4.90 Å². The number of ether oxygens (including phenoxy) is 1. The van der Waals surface area contributed by atoms with Crippen LogP contribution in [0.2, 0.25) is 0 Å². The van der Waals surface area contributed by atoms with E-state index in [0.717, 1.165) is 78.5 Å². The molecule has 0 radical (unpaired) electrons. The molecule has 3 heterocycles. The fraction of sp³-hybridized carbons (Fsp3) is 0.471. The number of nitrogens with one attached hydrogen (secondary N) is 2. The van der Waals surface area contributed by atoms with Gasteiger partial charge in [0.25, 0.3) is 0 Å². The Balaban J connectivity index is 0.00000131. The number of aromatic nitrogens is 4. The number of hydrogen-bond acceptors (Lipinski definition) is 6. The van der Waals surface area contributed by atoms with Gasteiger partial charge < -0.3 is 19.6 Å². The van der Waals surface area contributed by atoms with Crippen LogP contribution in [-0.4, -0.2) is 63.8 Å². The number of imidazole rings is 1. The van der Waals surface area contributed by atoms with Crippen LogP contribution in [0.5, 0.6) is 0 Å². The monoisotopic (exact) mass is 430 g/mol. The second kappa shape index (κ2) is 9.66. The smallest absolute Gasteiger partial charge is 0.178 e. The van der Waals surface area contributed by atoms with E-state index in [4.69, 9.17) is 17.0 Å². The van der Waals surface area contributed by atoms with Crippen molar-refractivity contribution in [3.05, 3.63) is 23.2 Å². The van der Waals surface area contributed by atoms with Crippen LogP contribution in [-0.2, 0) is 11.3 Å². The Kier molecular flexibility index (Phi) is 7.81. The lowest BCUT2D eigenvalue weighted by atomic mass is 10.2. The van der Waals surface area contributed by atoms with E-state index in [9.17, 15) is 0 Å². The number of halogens is 2. The molecule has 1 aliphatic rings. The number of rotatable bonds is 5. The Bertz CT molecular complexity index is 954. The number of benzene rings is 1. The topological polar surface area (TPSA) is 71.0 Å². The molecule has 0 atom stereocenters. The van der Waals surface area contributed by atoms with Crippen molar-refractivity contribution >= 4 is 64.8 Å². The summed E-state index contributed by atoms with van der Waals surface area (Å²) in [6, 6.07) is 4.17. The molecule has 0 bridgehead atoms. The van der Waals surface area contributed by atoms with Gasteiger partial charge in [-0.2, -0.15) is 0 Å². The molecule has 27 heavy (non-hydrogen) atoms. The highest BCUT2D eigenvalue weighted by molar-refractivity contribution is 7.71. The summed E-state index contributed by atoms with van der Waals surface area (Å²) >= 11 is 5.41. The van der Waals surface area contributed by atoms with Gasteiger partial charge in [-0.15, -0.1) is 24.8 Å². The number of morpholine rings is 1. The number of aromatic amines is 1. The van der Waals surface area contributed by atoms with Crippen molar-refractivity contribution in [3.63, 3.8) is 0 Å². The third-order valence-electron chi connectivity index (χ3n) is 4.67. The summed E-state index contributed by atoms with van der Waals surface area (Å²) in [4.78, 5) is 14.5. The number of hydrogen-bond donors (Lipinski definition) is 2. The average Bonchev–Trinajstić information content (AvgIpc) is 2.95. The predicted octanol–water partition coefficient (Wildman–Crippen LogP) is 3.25. The van der Waals surface area contributed by atoms with Crippen LogP contribution in [0.1, 0.15) is 6.92 Å². The number of anilines is 1. The molecule has 1 aliphatic heterocycles. The summed E-state index contributed by atoms with van der Waals surface area (Å²) in [5.41, 5.74) is 3.02. The van der Waals surface area contributed by atoms with Gasteiger partial charge in [0.1, 0.15) is 12.1 Å². The van der Waals surface area contributed by atoms with Crippen LogP contribution >= 0.6 is 37.0 Å². The van der Waals surface area contributed by atoms with Crippen LogP contribution in [0.4, 0.5) is 5.82 Å². The highest BCUT2D eigenvalue weighted by Gasteiger charge is 2.12. The van der Waals surface area contributed by atoms with E-state index in [1.807, 2.05) is 0 Å². The molecule has 148 valence electrons. The van der Waals surface area contributed by atoms with Gasteiger partial charge in [0, 0.05) is 38.1 Å². The van der Waals surface area contributed by atoms with Crippen LogP contribution in [0.3, 0.4) is 0 Å². The van der Waals surface area contributed by atoms with E-state index in [1.54, 1.807) is 6.33 Å². The Morgan fingerprint density at radius 1 is 1.22 bits per heavy atom. The third-order valence-corrected chi connectivity index (χ3v) is 4.99. The lowest BCUT2D eigenvalue weighted by Gasteiger charge is -2.26. The minimum absolute atomic E-state index is 0. The predicted molar refractivity (Wildman–Crippen MR) is 116 cm³/mol. The largest absolute Gasteiger partial charge is 0.379 e. The zero-order valence-electron chi connectivity index (χ0n) is 15.1. The minimum Gasteiger partial charge on any atom is -0.379 e. The Morgan fingerprint density at radius 2 is 2.00 bits per heavy atom. The van der Waals surface area contributed by atoms with Crippen molar-refractivity contribution in [2.75, 3.05) is 44.7 Å². The fourth-order valence-electron chi connectivity index (χ4n) is 3.32. The molecule has 3 aromatic rings. The van der Waals surface area contributed by atoms with Gasteiger partial charge in [-0.1, -0.05) is 0 Å². The molecule has 0 unspecified atom stereocenters. The first-order valence-electron chi connectivity index (χ1n) is 8.67. The van der Waals surface area contributed by atoms with Crippen molar-refractivity contribution < 1.29 is 4.74 Å². The van der Waals surface area contributed by atoms with E-state index in [-0.39, 0.29) is 24.8 Å². The Morgan fingerprint density at radius 3 is 2.74 bits per heavy atom. The lowest BCUT2D eigenvalue weighted by molar-refractivity contribution is 0.0398. The van der Waals surface area contributed by atoms with Crippen molar-refractivity contribution in [2.45, 2.75) is 13.5 Å². The van der Waals surface area contributed by atoms with Crippen LogP contribution in [0, 0.1) is 4.77 Å². The summed E-state index contributed by atoms with van der Waals surface area (Å²) in [7, 11) is 0. The maximum absolute atomic E-state index is 5.41. The van der Waals surface area contributed by atoms with Crippen LogP contribution in [0.25, 0.3) is 21.9 Å². The van der Waals surface area contributed by atoms with E-state index in [0.29, 0.717) is 0 Å². The fourth-order valence-corrected chi connectivity index (χ4v) is 3.66. The van der Waals surface area contributed by atoms with Gasteiger partial charge >= 0.3 is 0 Å². The molecule has 4 rings (SSSR count). The molecule has 1 aromatic carbocycles. The molecular weight excluding hydrogens is 407 g/mol. The van der Waals surface area contributed by atoms with Crippen molar-refractivity contribution in [1.82, 2.24) is 24.4 Å². The quantitative estimate of drug-likeness (QED) is 0.605. The summed E-state index contributed by atoms with van der Waals surface area (Å²) < 4.78 is 8.21. The van der Waals surface area contributed by atoms with Crippen LogP contribution in [0.15, 0.2) is 18.5 Å². The maximum atomic E-state index is 5.41. The summed E-state index contributed by atoms with van der Waals surface area (Å²) in [6.07, 6.45) is 1.61. The zero-order chi connectivity index (χ0) is 17.2. The van der Waals surface area contributed by atoms with E-state index in [2.05, 4.69) is 48.8 Å². The highest BCUT2D eigenvalue weighted by atomic mass is 35.5. The second-order valence-corrected chi connectivity index (χ2v) is 6.55. The van der Waals surface area contributed by atoms with Gasteiger partial charge in [0.05, 0.1) is 29.8 Å². The number of nitrogens with zero attached hydrogens (tertiary/aromatic N) is 4. The molecule has 2 aromatic heterocycles. The zero-order valence-corrected chi connectivity index (χ0v) is 17.6. The van der Waals surface area contributed by atoms with Gasteiger partial charge in [-0.05, 0) is 31.3 Å². The molecule has 10 heteroatoms. The molecular formula is C17H24Cl2N6OS. The first-order chi connectivity index (χ1) is 12.3. The number of fused-ring (bicyclic) bond motifs is 2. The third kappa shape index (κ3) is 4.52. The summed E-state index contributed by atoms with van der Waals surface area (Å²) in [5.74, 6) is 0.865. The van der Waals surface area contributed by atoms with Gasteiger partial charge in [-0.25, -0.2) is 9.97 Å². The first kappa shape index (κ1) is 21.8. The normalized spacial score (nSPS) is 14.7. The average molecular weight is 431 g/mol. The Labute approximate surface area is 175 Å². The SMILES string of the molecule is CCn1c(=S)[nH]c2cc3c(NCCN4CCOCC4)ncnc3cc21.Cl.Cl. The molecule has 2 N–H and O–H groups in total. The standard InChI is InChI=1S/C17H22N6OS.2ClH/c1-2-23-15-10-13-12(9-14(15)21-17(23)25)16(20-11-19-13)18-3-4-22-5-7-24-8-6-22;;/h9-11H,2-8H2,1H3,(H,21,25)(H,18,19,20);2*1H. The molecule has 0 spiro atoms. The van der Waals surface area contributed by atoms with Gasteiger partial charge in [0.15, 0.2) is 4.77 Å².